The summed E-state index contributed by atoms with van der Waals surface area (Å²) in [4.78, 5) is 4.65. The number of benzene rings is 2. The molecule has 0 atom stereocenters. The average molecular weight is 281 g/mol. The third-order valence-electron chi connectivity index (χ3n) is 3.63. The molecule has 108 valence electrons. The SMILES string of the molecule is COc1cccc(CNCc2nc3ccccc3n2C)c1. The minimum Gasteiger partial charge on any atom is -0.497 e. The Morgan fingerprint density at radius 2 is 1.95 bits per heavy atom. The monoisotopic (exact) mass is 281 g/mol. The average Bonchev–Trinajstić information content (AvgIpc) is 2.84. The maximum atomic E-state index is 5.23. The van der Waals surface area contributed by atoms with Crippen LogP contribution < -0.4 is 10.1 Å². The Labute approximate surface area is 124 Å². The molecule has 4 heteroatoms. The molecule has 0 radical (unpaired) electrons. The molecular weight excluding hydrogens is 262 g/mol. The molecule has 0 aliphatic rings. The van der Waals surface area contributed by atoms with Crippen molar-refractivity contribution in [3.8, 4) is 5.75 Å². The summed E-state index contributed by atoms with van der Waals surface area (Å²) in [5, 5.41) is 3.43. The van der Waals surface area contributed by atoms with Gasteiger partial charge in [0.1, 0.15) is 11.6 Å². The number of fused-ring (bicyclic) bond motifs is 1. The number of aromatic nitrogens is 2. The van der Waals surface area contributed by atoms with Gasteiger partial charge in [0, 0.05) is 13.6 Å². The van der Waals surface area contributed by atoms with Gasteiger partial charge in [0.2, 0.25) is 0 Å². The van der Waals surface area contributed by atoms with E-state index < -0.39 is 0 Å². The first kappa shape index (κ1) is 13.6. The minimum absolute atomic E-state index is 0.738. The van der Waals surface area contributed by atoms with Crippen LogP contribution in [-0.2, 0) is 20.1 Å². The fourth-order valence-corrected chi connectivity index (χ4v) is 2.45. The molecule has 0 aliphatic heterocycles. The summed E-state index contributed by atoms with van der Waals surface area (Å²) in [5.74, 6) is 1.93. The number of rotatable bonds is 5. The zero-order valence-corrected chi connectivity index (χ0v) is 12.3. The van der Waals surface area contributed by atoms with E-state index >= 15 is 0 Å². The molecule has 1 N–H and O–H groups in total. The van der Waals surface area contributed by atoms with E-state index in [-0.39, 0.29) is 0 Å². The summed E-state index contributed by atoms with van der Waals surface area (Å²) < 4.78 is 7.37. The molecule has 1 aromatic heterocycles. The fourth-order valence-electron chi connectivity index (χ4n) is 2.45. The molecule has 0 saturated carbocycles. The molecule has 0 unspecified atom stereocenters. The molecule has 0 fully saturated rings. The van der Waals surface area contributed by atoms with Crippen LogP contribution in [0, 0.1) is 0 Å². The normalized spacial score (nSPS) is 11.0. The molecule has 0 amide bonds. The van der Waals surface area contributed by atoms with Gasteiger partial charge in [0.15, 0.2) is 0 Å². The van der Waals surface area contributed by atoms with Gasteiger partial charge in [-0.15, -0.1) is 0 Å². The Morgan fingerprint density at radius 1 is 1.10 bits per heavy atom. The lowest BCUT2D eigenvalue weighted by atomic mass is 10.2. The number of methoxy groups -OCH3 is 1. The van der Waals surface area contributed by atoms with Gasteiger partial charge < -0.3 is 14.6 Å². The number of ether oxygens (including phenoxy) is 1. The Kier molecular flexibility index (Phi) is 3.88. The molecule has 0 saturated heterocycles. The Balaban J connectivity index is 1.67. The predicted octanol–water partition coefficient (Wildman–Crippen LogP) is 2.87. The molecule has 4 nitrogen and oxygen atoms in total. The molecule has 1 heterocycles. The van der Waals surface area contributed by atoms with E-state index in [9.17, 15) is 0 Å². The van der Waals surface area contributed by atoms with Gasteiger partial charge in [0.25, 0.3) is 0 Å². The molecule has 0 spiro atoms. The van der Waals surface area contributed by atoms with Gasteiger partial charge in [0.05, 0.1) is 24.7 Å². The third kappa shape index (κ3) is 2.90. The summed E-state index contributed by atoms with van der Waals surface area (Å²) in [6, 6.07) is 16.3. The summed E-state index contributed by atoms with van der Waals surface area (Å²) in [5.41, 5.74) is 3.40. The van der Waals surface area contributed by atoms with Crippen molar-refractivity contribution in [3.05, 3.63) is 59.9 Å². The first-order chi connectivity index (χ1) is 10.3. The summed E-state index contributed by atoms with van der Waals surface area (Å²) in [7, 11) is 3.74. The van der Waals surface area contributed by atoms with Crippen molar-refractivity contribution in [1.82, 2.24) is 14.9 Å². The van der Waals surface area contributed by atoms with Gasteiger partial charge in [-0.2, -0.15) is 0 Å². The molecule has 2 aromatic carbocycles. The van der Waals surface area contributed by atoms with Crippen molar-refractivity contribution < 1.29 is 4.74 Å². The minimum atomic E-state index is 0.738. The predicted molar refractivity (Wildman–Crippen MR) is 84.3 cm³/mol. The molecule has 0 bridgehead atoms. The second-order valence-corrected chi connectivity index (χ2v) is 5.03. The highest BCUT2D eigenvalue weighted by molar-refractivity contribution is 5.75. The standard InChI is InChI=1S/C17H19N3O/c1-20-16-9-4-3-8-15(16)19-17(20)12-18-11-13-6-5-7-14(10-13)21-2/h3-10,18H,11-12H2,1-2H3. The van der Waals surface area contributed by atoms with Crippen LogP contribution in [0.15, 0.2) is 48.5 Å². The molecular formula is C17H19N3O. The van der Waals surface area contributed by atoms with Gasteiger partial charge >= 0.3 is 0 Å². The summed E-state index contributed by atoms with van der Waals surface area (Å²) in [6.07, 6.45) is 0. The van der Waals surface area contributed by atoms with Gasteiger partial charge in [-0.25, -0.2) is 4.98 Å². The lowest BCUT2D eigenvalue weighted by Gasteiger charge is -2.07. The van der Waals surface area contributed by atoms with E-state index in [1.165, 1.54) is 5.56 Å². The van der Waals surface area contributed by atoms with Crippen LogP contribution in [0.25, 0.3) is 11.0 Å². The molecule has 21 heavy (non-hydrogen) atoms. The first-order valence-corrected chi connectivity index (χ1v) is 7.02. The lowest BCUT2D eigenvalue weighted by Crippen LogP contribution is -2.15. The highest BCUT2D eigenvalue weighted by atomic mass is 16.5. The highest BCUT2D eigenvalue weighted by Gasteiger charge is 2.06. The number of hydrogen-bond donors (Lipinski definition) is 1. The van der Waals surface area contributed by atoms with E-state index in [1.54, 1.807) is 7.11 Å². The maximum Gasteiger partial charge on any atom is 0.123 e. The van der Waals surface area contributed by atoms with Crippen LogP contribution in [0.3, 0.4) is 0 Å². The second-order valence-electron chi connectivity index (χ2n) is 5.03. The van der Waals surface area contributed by atoms with E-state index in [0.29, 0.717) is 0 Å². The van der Waals surface area contributed by atoms with Crippen LogP contribution >= 0.6 is 0 Å². The first-order valence-electron chi connectivity index (χ1n) is 7.02. The number of nitrogens with zero attached hydrogens (tertiary/aromatic N) is 2. The van der Waals surface area contributed by atoms with Crippen molar-refractivity contribution in [2.45, 2.75) is 13.1 Å². The second kappa shape index (κ2) is 5.97. The van der Waals surface area contributed by atoms with E-state index in [0.717, 1.165) is 35.7 Å². The molecule has 3 aromatic rings. The van der Waals surface area contributed by atoms with E-state index in [4.69, 9.17) is 4.74 Å². The number of aryl methyl sites for hydroxylation is 1. The van der Waals surface area contributed by atoms with E-state index in [2.05, 4.69) is 34.0 Å². The number of hydrogen-bond acceptors (Lipinski definition) is 3. The Hall–Kier alpha value is -2.33. The number of imidazole rings is 1. The highest BCUT2D eigenvalue weighted by Crippen LogP contribution is 2.15. The Bertz CT molecular complexity index is 749. The zero-order valence-electron chi connectivity index (χ0n) is 12.3. The van der Waals surface area contributed by atoms with Crippen LogP contribution in [-0.4, -0.2) is 16.7 Å². The number of para-hydroxylation sites is 2. The Morgan fingerprint density at radius 3 is 2.76 bits per heavy atom. The largest absolute Gasteiger partial charge is 0.497 e. The number of nitrogens with one attached hydrogen (secondary N) is 1. The van der Waals surface area contributed by atoms with Crippen LogP contribution in [0.2, 0.25) is 0 Å². The van der Waals surface area contributed by atoms with Gasteiger partial charge in [-0.3, -0.25) is 0 Å². The summed E-state index contributed by atoms with van der Waals surface area (Å²) >= 11 is 0. The third-order valence-corrected chi connectivity index (χ3v) is 3.63. The van der Waals surface area contributed by atoms with E-state index in [1.807, 2.05) is 36.4 Å². The quantitative estimate of drug-likeness (QED) is 0.781. The van der Waals surface area contributed by atoms with Crippen molar-refractivity contribution in [3.63, 3.8) is 0 Å². The topological polar surface area (TPSA) is 39.1 Å². The van der Waals surface area contributed by atoms with Crippen molar-refractivity contribution in [2.75, 3.05) is 7.11 Å². The van der Waals surface area contributed by atoms with Crippen molar-refractivity contribution in [2.24, 2.45) is 7.05 Å². The molecule has 0 aliphatic carbocycles. The zero-order chi connectivity index (χ0) is 14.7. The van der Waals surface area contributed by atoms with Gasteiger partial charge in [-0.05, 0) is 29.8 Å². The van der Waals surface area contributed by atoms with Crippen molar-refractivity contribution in [1.29, 1.82) is 0 Å². The van der Waals surface area contributed by atoms with Gasteiger partial charge in [-0.1, -0.05) is 24.3 Å². The van der Waals surface area contributed by atoms with Crippen LogP contribution in [0.5, 0.6) is 5.75 Å². The molecule has 3 rings (SSSR count). The van der Waals surface area contributed by atoms with Crippen LogP contribution in [0.4, 0.5) is 0 Å². The fraction of sp³-hybridized carbons (Fsp3) is 0.235. The summed E-state index contributed by atoms with van der Waals surface area (Å²) in [6.45, 7) is 1.53. The van der Waals surface area contributed by atoms with Crippen LogP contribution in [0.1, 0.15) is 11.4 Å². The lowest BCUT2D eigenvalue weighted by molar-refractivity contribution is 0.414. The van der Waals surface area contributed by atoms with Crippen molar-refractivity contribution >= 4 is 11.0 Å². The maximum absolute atomic E-state index is 5.23. The smallest absolute Gasteiger partial charge is 0.123 e.